The monoisotopic (exact) mass is 376 g/mol. The number of anilines is 1. The maximum Gasteiger partial charge on any atom is 0.191 e. The highest BCUT2D eigenvalue weighted by Crippen LogP contribution is 2.10. The van der Waals surface area contributed by atoms with Crippen molar-refractivity contribution in [2.45, 2.75) is 26.8 Å². The molecule has 0 saturated heterocycles. The maximum absolute atomic E-state index is 5.30. The van der Waals surface area contributed by atoms with Crippen molar-refractivity contribution in [1.82, 2.24) is 9.99 Å². The van der Waals surface area contributed by atoms with Crippen LogP contribution in [0.5, 0.6) is 0 Å². The number of hydrogen-bond acceptors (Lipinski definition) is 2. The predicted octanol–water partition coefficient (Wildman–Crippen LogP) is 4.73. The molecule has 0 amide bonds. The molecule has 0 radical (unpaired) electrons. The molecule has 2 N–H and O–H groups in total. The second kappa shape index (κ2) is 9.14. The van der Waals surface area contributed by atoms with Crippen molar-refractivity contribution in [3.05, 3.63) is 89.2 Å². The van der Waals surface area contributed by atoms with E-state index in [1.165, 1.54) is 16.7 Å². The molecule has 0 aliphatic heterocycles. The Morgan fingerprint density at radius 1 is 1.04 bits per heavy atom. The van der Waals surface area contributed by atoms with Gasteiger partial charge in [-0.3, -0.25) is 5.43 Å². The minimum absolute atomic E-state index is 0.465. The summed E-state index contributed by atoms with van der Waals surface area (Å²) in [4.78, 5) is 0. The van der Waals surface area contributed by atoms with Gasteiger partial charge in [0.15, 0.2) is 5.11 Å². The summed E-state index contributed by atoms with van der Waals surface area (Å²) < 4.78 is 2.15. The third kappa shape index (κ3) is 5.53. The summed E-state index contributed by atoms with van der Waals surface area (Å²) in [6.45, 7) is 5.04. The summed E-state index contributed by atoms with van der Waals surface area (Å²) in [6.07, 6.45) is 4.85. The van der Waals surface area contributed by atoms with Gasteiger partial charge in [0.05, 0.1) is 11.9 Å². The van der Waals surface area contributed by atoms with Crippen LogP contribution in [-0.4, -0.2) is 15.9 Å². The lowest BCUT2D eigenvalue weighted by Gasteiger charge is -2.08. The van der Waals surface area contributed by atoms with E-state index in [0.717, 1.165) is 24.3 Å². The van der Waals surface area contributed by atoms with Crippen LogP contribution >= 0.6 is 12.2 Å². The van der Waals surface area contributed by atoms with Gasteiger partial charge in [0.25, 0.3) is 0 Å². The molecule has 0 fully saturated rings. The molecule has 4 nitrogen and oxygen atoms in total. The van der Waals surface area contributed by atoms with Crippen molar-refractivity contribution in [2.75, 3.05) is 5.32 Å². The number of aromatic nitrogens is 1. The molecule has 3 rings (SSSR count). The van der Waals surface area contributed by atoms with Gasteiger partial charge in [-0.15, -0.1) is 0 Å². The van der Waals surface area contributed by atoms with Crippen LogP contribution in [0.2, 0.25) is 0 Å². The molecule has 27 heavy (non-hydrogen) atoms. The predicted molar refractivity (Wildman–Crippen MR) is 117 cm³/mol. The van der Waals surface area contributed by atoms with E-state index < -0.39 is 0 Å². The van der Waals surface area contributed by atoms with Gasteiger partial charge in [-0.1, -0.05) is 48.9 Å². The SMILES string of the molecule is CCc1ccc(NC(=S)NN=Cc2cccn2Cc2ccc(C)cc2)cc1. The first-order valence-corrected chi connectivity index (χ1v) is 9.44. The summed E-state index contributed by atoms with van der Waals surface area (Å²) in [6, 6.07) is 20.8. The molecule has 0 aliphatic carbocycles. The molecule has 1 heterocycles. The third-order valence-corrected chi connectivity index (χ3v) is 4.51. The Kier molecular flexibility index (Phi) is 6.39. The van der Waals surface area contributed by atoms with Gasteiger partial charge in [-0.2, -0.15) is 5.10 Å². The summed E-state index contributed by atoms with van der Waals surface area (Å²) in [5.74, 6) is 0. The summed E-state index contributed by atoms with van der Waals surface area (Å²) in [5.41, 5.74) is 8.65. The number of nitrogens with zero attached hydrogens (tertiary/aromatic N) is 2. The van der Waals surface area contributed by atoms with Crippen molar-refractivity contribution < 1.29 is 0 Å². The zero-order valence-electron chi connectivity index (χ0n) is 15.6. The Hall–Kier alpha value is -2.92. The molecule has 138 valence electrons. The molecule has 0 bridgehead atoms. The second-order valence-corrected chi connectivity index (χ2v) is 6.83. The van der Waals surface area contributed by atoms with E-state index in [9.17, 15) is 0 Å². The lowest BCUT2D eigenvalue weighted by Crippen LogP contribution is -2.24. The van der Waals surface area contributed by atoms with Crippen LogP contribution < -0.4 is 10.7 Å². The molecule has 0 unspecified atom stereocenters. The molecule has 0 spiro atoms. The fraction of sp³-hybridized carbons (Fsp3) is 0.182. The first-order chi connectivity index (χ1) is 13.1. The van der Waals surface area contributed by atoms with Gasteiger partial charge >= 0.3 is 0 Å². The first kappa shape index (κ1) is 18.9. The minimum atomic E-state index is 0.465. The number of nitrogens with one attached hydrogen (secondary N) is 2. The fourth-order valence-electron chi connectivity index (χ4n) is 2.72. The van der Waals surface area contributed by atoms with Gasteiger partial charge in [-0.05, 0) is 61.0 Å². The van der Waals surface area contributed by atoms with E-state index in [-0.39, 0.29) is 0 Å². The number of hydrogen-bond donors (Lipinski definition) is 2. The zero-order chi connectivity index (χ0) is 19.1. The molecule has 0 atom stereocenters. The molecule has 1 aromatic heterocycles. The third-order valence-electron chi connectivity index (χ3n) is 4.32. The van der Waals surface area contributed by atoms with E-state index >= 15 is 0 Å². The molecular weight excluding hydrogens is 352 g/mol. The van der Waals surface area contributed by atoms with Gasteiger partial charge in [-0.25, -0.2) is 0 Å². The minimum Gasteiger partial charge on any atom is -0.342 e. The van der Waals surface area contributed by atoms with Crippen LogP contribution in [0.3, 0.4) is 0 Å². The van der Waals surface area contributed by atoms with E-state index in [4.69, 9.17) is 12.2 Å². The van der Waals surface area contributed by atoms with Crippen molar-refractivity contribution in [2.24, 2.45) is 5.10 Å². The van der Waals surface area contributed by atoms with Crippen molar-refractivity contribution in [3.63, 3.8) is 0 Å². The average molecular weight is 377 g/mol. The normalized spacial score (nSPS) is 10.9. The number of thiocarbonyl (C=S) groups is 1. The second-order valence-electron chi connectivity index (χ2n) is 6.42. The van der Waals surface area contributed by atoms with Gasteiger partial charge in [0, 0.05) is 18.4 Å². The molecule has 2 aromatic carbocycles. The summed E-state index contributed by atoms with van der Waals surface area (Å²) in [7, 11) is 0. The van der Waals surface area contributed by atoms with Crippen LogP contribution in [0.15, 0.2) is 72.0 Å². The highest BCUT2D eigenvalue weighted by Gasteiger charge is 2.01. The van der Waals surface area contributed by atoms with Crippen molar-refractivity contribution in [3.8, 4) is 0 Å². The molecule has 5 heteroatoms. The topological polar surface area (TPSA) is 41.4 Å². The first-order valence-electron chi connectivity index (χ1n) is 9.03. The van der Waals surface area contributed by atoms with Crippen LogP contribution in [0, 0.1) is 6.92 Å². The summed E-state index contributed by atoms with van der Waals surface area (Å²) >= 11 is 5.30. The Morgan fingerprint density at radius 2 is 1.74 bits per heavy atom. The highest BCUT2D eigenvalue weighted by molar-refractivity contribution is 7.80. The quantitative estimate of drug-likeness (QED) is 0.371. The lowest BCUT2D eigenvalue weighted by atomic mass is 10.1. The van der Waals surface area contributed by atoms with E-state index in [0.29, 0.717) is 5.11 Å². The highest BCUT2D eigenvalue weighted by atomic mass is 32.1. The number of hydrazone groups is 1. The standard InChI is InChI=1S/C22H24N4S/c1-3-18-10-12-20(13-11-18)24-22(27)25-23-15-21-5-4-14-26(21)16-19-8-6-17(2)7-9-19/h4-15H,3,16H2,1-2H3,(H2,24,25,27). The van der Waals surface area contributed by atoms with Gasteiger partial charge < -0.3 is 9.88 Å². The van der Waals surface area contributed by atoms with Crippen LogP contribution in [0.25, 0.3) is 0 Å². The number of aryl methyl sites for hydroxylation is 2. The Balaban J connectivity index is 1.55. The Bertz CT molecular complexity index is 908. The van der Waals surface area contributed by atoms with Crippen LogP contribution in [-0.2, 0) is 13.0 Å². The smallest absolute Gasteiger partial charge is 0.191 e. The van der Waals surface area contributed by atoms with Crippen molar-refractivity contribution in [1.29, 1.82) is 0 Å². The number of benzene rings is 2. The van der Waals surface area contributed by atoms with E-state index in [1.54, 1.807) is 6.21 Å². The Labute approximate surface area is 165 Å². The summed E-state index contributed by atoms with van der Waals surface area (Å²) in [5, 5.41) is 7.86. The zero-order valence-corrected chi connectivity index (χ0v) is 16.5. The Morgan fingerprint density at radius 3 is 2.44 bits per heavy atom. The van der Waals surface area contributed by atoms with Gasteiger partial charge in [0.2, 0.25) is 0 Å². The fourth-order valence-corrected chi connectivity index (χ4v) is 2.89. The van der Waals surface area contributed by atoms with Crippen LogP contribution in [0.4, 0.5) is 5.69 Å². The van der Waals surface area contributed by atoms with Gasteiger partial charge in [0.1, 0.15) is 0 Å². The molecular formula is C22H24N4S. The molecule has 0 aliphatic rings. The largest absolute Gasteiger partial charge is 0.342 e. The molecule has 0 saturated carbocycles. The number of rotatable bonds is 6. The van der Waals surface area contributed by atoms with E-state index in [2.05, 4.69) is 70.7 Å². The van der Waals surface area contributed by atoms with E-state index in [1.807, 2.05) is 30.5 Å². The average Bonchev–Trinajstić information content (AvgIpc) is 3.11. The van der Waals surface area contributed by atoms with Crippen LogP contribution in [0.1, 0.15) is 29.3 Å². The van der Waals surface area contributed by atoms with Crippen molar-refractivity contribution >= 4 is 29.2 Å². The molecule has 3 aromatic rings. The maximum atomic E-state index is 5.30. The lowest BCUT2D eigenvalue weighted by molar-refractivity contribution is 0.798.